The fourth-order valence-electron chi connectivity index (χ4n) is 3.40. The molecule has 3 nitrogen and oxygen atoms in total. The predicted octanol–water partition coefficient (Wildman–Crippen LogP) is 4.71. The molecule has 23 heavy (non-hydrogen) atoms. The molecule has 0 N–H and O–H groups in total. The van der Waals surface area contributed by atoms with E-state index >= 15 is 0 Å². The molecular weight excluding hydrogens is 326 g/mol. The molecular formula is C18H18ClN3S. The molecule has 2 aliphatic heterocycles. The molecule has 0 aliphatic carbocycles. The lowest BCUT2D eigenvalue weighted by Crippen LogP contribution is -2.35. The highest BCUT2D eigenvalue weighted by molar-refractivity contribution is 8.14. The number of rotatable bonds is 3. The second-order valence-corrected chi connectivity index (χ2v) is 7.31. The van der Waals surface area contributed by atoms with Crippen molar-refractivity contribution in [2.24, 2.45) is 4.99 Å². The molecule has 0 saturated carbocycles. The summed E-state index contributed by atoms with van der Waals surface area (Å²) >= 11 is 8.12. The van der Waals surface area contributed by atoms with Gasteiger partial charge in [0.15, 0.2) is 5.17 Å². The van der Waals surface area contributed by atoms with Gasteiger partial charge in [-0.25, -0.2) is 0 Å². The summed E-state index contributed by atoms with van der Waals surface area (Å²) in [5.74, 6) is 1.11. The van der Waals surface area contributed by atoms with Gasteiger partial charge in [-0.1, -0.05) is 48.5 Å². The third-order valence-corrected chi connectivity index (χ3v) is 5.88. The van der Waals surface area contributed by atoms with Crippen molar-refractivity contribution < 1.29 is 0 Å². The van der Waals surface area contributed by atoms with Crippen LogP contribution in [0.15, 0.2) is 53.7 Å². The molecule has 1 aromatic carbocycles. The number of aliphatic imine (C=N–C) groups is 1. The fraction of sp³-hybridized carbons (Fsp3) is 0.333. The van der Waals surface area contributed by atoms with E-state index < -0.39 is 0 Å². The summed E-state index contributed by atoms with van der Waals surface area (Å²) in [6.07, 6.45) is 2.97. The summed E-state index contributed by atoms with van der Waals surface area (Å²) in [4.78, 5) is 12.0. The second kappa shape index (κ2) is 6.17. The molecule has 2 aromatic rings. The maximum Gasteiger partial charge on any atom is 0.160 e. The molecule has 0 spiro atoms. The summed E-state index contributed by atoms with van der Waals surface area (Å²) in [6, 6.07) is 15.0. The minimum atomic E-state index is 0.0338. The molecule has 2 aliphatic rings. The van der Waals surface area contributed by atoms with Crippen LogP contribution in [0.25, 0.3) is 0 Å². The lowest BCUT2D eigenvalue weighted by Gasteiger charge is -2.32. The highest BCUT2D eigenvalue weighted by Gasteiger charge is 2.45. The van der Waals surface area contributed by atoms with E-state index in [0.29, 0.717) is 6.04 Å². The SMILES string of the molecule is CC[C@H]1CSC2=N[C@H](c3ccccn3)[C@@H](c3cccc(Cl)c3)N21. The number of hydrogen-bond acceptors (Lipinski definition) is 4. The Labute approximate surface area is 145 Å². The number of halogens is 1. The van der Waals surface area contributed by atoms with E-state index in [9.17, 15) is 0 Å². The molecule has 0 unspecified atom stereocenters. The Kier molecular flexibility index (Phi) is 4.04. The first-order chi connectivity index (χ1) is 11.3. The highest BCUT2D eigenvalue weighted by atomic mass is 35.5. The van der Waals surface area contributed by atoms with E-state index in [2.05, 4.69) is 35.0 Å². The first-order valence-electron chi connectivity index (χ1n) is 7.93. The second-order valence-electron chi connectivity index (χ2n) is 5.89. The van der Waals surface area contributed by atoms with Crippen molar-refractivity contribution in [3.8, 4) is 0 Å². The largest absolute Gasteiger partial charge is 0.338 e. The zero-order valence-corrected chi connectivity index (χ0v) is 14.5. The number of thioether (sulfide) groups is 1. The third kappa shape index (κ3) is 2.64. The standard InChI is InChI=1S/C18H18ClN3S/c1-2-14-11-23-18-21-16(15-8-3-4-9-20-15)17(22(14)18)12-6-5-7-13(19)10-12/h3-10,14,16-17H,2,11H2,1H3/t14-,16+,17+/m0/s1. The van der Waals surface area contributed by atoms with Gasteiger partial charge in [-0.05, 0) is 36.2 Å². The number of pyridine rings is 1. The van der Waals surface area contributed by atoms with Crippen LogP contribution in [0, 0.1) is 0 Å². The molecule has 4 rings (SSSR count). The van der Waals surface area contributed by atoms with E-state index in [4.69, 9.17) is 16.6 Å². The summed E-state index contributed by atoms with van der Waals surface area (Å²) in [6.45, 7) is 2.25. The average molecular weight is 344 g/mol. The number of benzene rings is 1. The van der Waals surface area contributed by atoms with Gasteiger partial charge in [0.05, 0.1) is 11.7 Å². The number of hydrogen-bond donors (Lipinski definition) is 0. The lowest BCUT2D eigenvalue weighted by atomic mass is 9.95. The van der Waals surface area contributed by atoms with Crippen LogP contribution in [0.5, 0.6) is 0 Å². The van der Waals surface area contributed by atoms with Crippen LogP contribution < -0.4 is 0 Å². The Morgan fingerprint density at radius 1 is 1.26 bits per heavy atom. The topological polar surface area (TPSA) is 28.5 Å². The summed E-state index contributed by atoms with van der Waals surface area (Å²) < 4.78 is 0. The van der Waals surface area contributed by atoms with Crippen molar-refractivity contribution in [1.29, 1.82) is 0 Å². The molecule has 118 valence electrons. The van der Waals surface area contributed by atoms with Crippen molar-refractivity contribution in [2.45, 2.75) is 31.5 Å². The van der Waals surface area contributed by atoms with Crippen molar-refractivity contribution in [3.63, 3.8) is 0 Å². The highest BCUT2D eigenvalue weighted by Crippen LogP contribution is 2.48. The molecule has 0 radical (unpaired) electrons. The van der Waals surface area contributed by atoms with Crippen LogP contribution in [-0.2, 0) is 0 Å². The first kappa shape index (κ1) is 15.0. The van der Waals surface area contributed by atoms with Crippen LogP contribution in [-0.4, -0.2) is 26.8 Å². The molecule has 1 fully saturated rings. The minimum Gasteiger partial charge on any atom is -0.338 e. The van der Waals surface area contributed by atoms with Crippen LogP contribution in [0.4, 0.5) is 0 Å². The smallest absolute Gasteiger partial charge is 0.160 e. The number of fused-ring (bicyclic) bond motifs is 1. The Hall–Kier alpha value is -1.52. The average Bonchev–Trinajstić information content (AvgIpc) is 3.14. The summed E-state index contributed by atoms with van der Waals surface area (Å²) in [5.41, 5.74) is 2.24. The molecule has 1 saturated heterocycles. The van der Waals surface area contributed by atoms with Gasteiger partial charge in [0.25, 0.3) is 0 Å². The lowest BCUT2D eigenvalue weighted by molar-refractivity contribution is 0.255. The number of nitrogens with zero attached hydrogens (tertiary/aromatic N) is 3. The van der Waals surface area contributed by atoms with Gasteiger partial charge < -0.3 is 4.90 Å². The maximum atomic E-state index is 6.25. The molecule has 3 heterocycles. The van der Waals surface area contributed by atoms with Crippen molar-refractivity contribution in [2.75, 3.05) is 5.75 Å². The maximum absolute atomic E-state index is 6.25. The fourth-order valence-corrected chi connectivity index (χ4v) is 4.94. The quantitative estimate of drug-likeness (QED) is 0.807. The number of aromatic nitrogens is 1. The van der Waals surface area contributed by atoms with Gasteiger partial charge in [-0.3, -0.25) is 9.98 Å². The van der Waals surface area contributed by atoms with E-state index in [0.717, 1.165) is 28.1 Å². The Balaban J connectivity index is 1.80. The van der Waals surface area contributed by atoms with Gasteiger partial charge in [0.1, 0.15) is 6.04 Å². The molecule has 3 atom stereocenters. The summed E-state index contributed by atoms with van der Waals surface area (Å²) in [5, 5.41) is 1.92. The van der Waals surface area contributed by atoms with Crippen LogP contribution in [0.3, 0.4) is 0 Å². The Bertz CT molecular complexity index is 734. The molecule has 1 aromatic heterocycles. The Morgan fingerprint density at radius 3 is 2.91 bits per heavy atom. The normalized spacial score (nSPS) is 26.3. The molecule has 0 bridgehead atoms. The van der Waals surface area contributed by atoms with Gasteiger partial charge in [-0.2, -0.15) is 0 Å². The van der Waals surface area contributed by atoms with E-state index in [-0.39, 0.29) is 12.1 Å². The van der Waals surface area contributed by atoms with Gasteiger partial charge in [0, 0.05) is 23.0 Å². The third-order valence-electron chi connectivity index (χ3n) is 4.52. The zero-order chi connectivity index (χ0) is 15.8. The van der Waals surface area contributed by atoms with Crippen molar-refractivity contribution >= 4 is 28.5 Å². The van der Waals surface area contributed by atoms with Crippen molar-refractivity contribution in [1.82, 2.24) is 9.88 Å². The zero-order valence-electron chi connectivity index (χ0n) is 12.9. The van der Waals surface area contributed by atoms with Crippen LogP contribution in [0.1, 0.15) is 36.7 Å². The van der Waals surface area contributed by atoms with Crippen molar-refractivity contribution in [3.05, 3.63) is 64.9 Å². The minimum absolute atomic E-state index is 0.0338. The van der Waals surface area contributed by atoms with E-state index in [1.165, 1.54) is 5.56 Å². The predicted molar refractivity (Wildman–Crippen MR) is 97.0 cm³/mol. The monoisotopic (exact) mass is 343 g/mol. The van der Waals surface area contributed by atoms with Gasteiger partial charge in [-0.15, -0.1) is 0 Å². The number of amidine groups is 1. The molecule has 0 amide bonds. The first-order valence-corrected chi connectivity index (χ1v) is 9.29. The van der Waals surface area contributed by atoms with Crippen LogP contribution >= 0.6 is 23.4 Å². The van der Waals surface area contributed by atoms with Gasteiger partial charge >= 0.3 is 0 Å². The van der Waals surface area contributed by atoms with Crippen LogP contribution in [0.2, 0.25) is 5.02 Å². The Morgan fingerprint density at radius 2 is 2.17 bits per heavy atom. The van der Waals surface area contributed by atoms with E-state index in [1.54, 1.807) is 0 Å². The van der Waals surface area contributed by atoms with E-state index in [1.807, 2.05) is 42.2 Å². The summed E-state index contributed by atoms with van der Waals surface area (Å²) in [7, 11) is 0. The molecule has 5 heteroatoms. The van der Waals surface area contributed by atoms with Gasteiger partial charge in [0.2, 0.25) is 0 Å².